The molecule has 0 aromatic heterocycles. The number of nitrogens with one attached hydrogen (secondary N) is 1. The molecule has 5 heteroatoms. The lowest BCUT2D eigenvalue weighted by Gasteiger charge is -2.08. The Bertz CT molecular complexity index is 909. The number of amides is 1. The number of ether oxygens (including phenoxy) is 1. The predicted octanol–water partition coefficient (Wildman–Crippen LogP) is 4.27. The highest BCUT2D eigenvalue weighted by molar-refractivity contribution is 5.82. The van der Waals surface area contributed by atoms with E-state index in [0.29, 0.717) is 12.3 Å². The van der Waals surface area contributed by atoms with Crippen molar-refractivity contribution in [2.75, 3.05) is 6.61 Å². The fraction of sp³-hybridized carbons (Fsp3) is 0.0909. The van der Waals surface area contributed by atoms with E-state index in [0.717, 1.165) is 11.1 Å². The molecule has 0 atom stereocenters. The van der Waals surface area contributed by atoms with Gasteiger partial charge < -0.3 is 10.1 Å². The van der Waals surface area contributed by atoms with Gasteiger partial charge in [-0.15, -0.1) is 0 Å². The predicted molar refractivity (Wildman–Crippen MR) is 104 cm³/mol. The van der Waals surface area contributed by atoms with Crippen LogP contribution in [0.2, 0.25) is 0 Å². The van der Waals surface area contributed by atoms with E-state index in [-0.39, 0.29) is 24.0 Å². The Hall–Kier alpha value is -3.47. The monoisotopic (exact) mass is 362 g/mol. The molecule has 0 saturated heterocycles. The number of benzene rings is 3. The molecular weight excluding hydrogens is 343 g/mol. The first-order valence-electron chi connectivity index (χ1n) is 8.53. The first-order chi connectivity index (χ1) is 13.2. The van der Waals surface area contributed by atoms with Crippen LogP contribution in [-0.2, 0) is 11.3 Å². The molecule has 0 aliphatic carbocycles. The van der Waals surface area contributed by atoms with Gasteiger partial charge in [0.25, 0.3) is 5.91 Å². The summed E-state index contributed by atoms with van der Waals surface area (Å²) in [4.78, 5) is 16.0. The average Bonchev–Trinajstić information content (AvgIpc) is 2.72. The molecule has 0 fully saturated rings. The Morgan fingerprint density at radius 2 is 1.67 bits per heavy atom. The standard InChI is InChI=1S/C22H19FN2O2/c23-20-8-4-5-9-21(20)24-14-18-10-12-19(13-11-18)27-16-22(26)25-15-17-6-2-1-3-7-17/h1-14H,15-16H2,(H,25,26). The third kappa shape index (κ3) is 5.78. The van der Waals surface area contributed by atoms with E-state index in [4.69, 9.17) is 4.74 Å². The Morgan fingerprint density at radius 1 is 0.963 bits per heavy atom. The van der Waals surface area contributed by atoms with Crippen molar-refractivity contribution in [1.29, 1.82) is 0 Å². The molecule has 3 rings (SSSR count). The summed E-state index contributed by atoms with van der Waals surface area (Å²) in [6, 6.07) is 23.1. The lowest BCUT2D eigenvalue weighted by Crippen LogP contribution is -2.28. The van der Waals surface area contributed by atoms with Crippen molar-refractivity contribution >= 4 is 17.8 Å². The van der Waals surface area contributed by atoms with E-state index in [9.17, 15) is 9.18 Å². The van der Waals surface area contributed by atoms with Crippen molar-refractivity contribution in [2.24, 2.45) is 4.99 Å². The van der Waals surface area contributed by atoms with Crippen LogP contribution >= 0.6 is 0 Å². The molecule has 0 aliphatic rings. The largest absolute Gasteiger partial charge is 0.484 e. The van der Waals surface area contributed by atoms with Gasteiger partial charge in [-0.3, -0.25) is 9.79 Å². The van der Waals surface area contributed by atoms with Gasteiger partial charge in [-0.05, 0) is 47.5 Å². The first-order valence-corrected chi connectivity index (χ1v) is 8.53. The quantitative estimate of drug-likeness (QED) is 0.638. The van der Waals surface area contributed by atoms with Gasteiger partial charge in [0.2, 0.25) is 0 Å². The lowest BCUT2D eigenvalue weighted by molar-refractivity contribution is -0.123. The average molecular weight is 362 g/mol. The fourth-order valence-electron chi connectivity index (χ4n) is 2.35. The van der Waals surface area contributed by atoms with Gasteiger partial charge in [0.1, 0.15) is 11.6 Å². The van der Waals surface area contributed by atoms with E-state index in [2.05, 4.69) is 10.3 Å². The molecule has 0 unspecified atom stereocenters. The van der Waals surface area contributed by atoms with Gasteiger partial charge in [-0.1, -0.05) is 42.5 Å². The van der Waals surface area contributed by atoms with Crippen LogP contribution in [0.15, 0.2) is 83.9 Å². The van der Waals surface area contributed by atoms with E-state index in [1.165, 1.54) is 6.07 Å². The van der Waals surface area contributed by atoms with Crippen molar-refractivity contribution in [1.82, 2.24) is 5.32 Å². The summed E-state index contributed by atoms with van der Waals surface area (Å²) in [5.41, 5.74) is 2.12. The number of rotatable bonds is 7. The van der Waals surface area contributed by atoms with E-state index >= 15 is 0 Å². The minimum Gasteiger partial charge on any atom is -0.484 e. The Labute approximate surface area is 157 Å². The molecule has 0 bridgehead atoms. The summed E-state index contributed by atoms with van der Waals surface area (Å²) in [6.45, 7) is 0.407. The van der Waals surface area contributed by atoms with Crippen LogP contribution in [0.3, 0.4) is 0 Å². The molecule has 0 heterocycles. The van der Waals surface area contributed by atoms with Crippen LogP contribution in [0.5, 0.6) is 5.75 Å². The van der Waals surface area contributed by atoms with Crippen LogP contribution in [0.25, 0.3) is 0 Å². The molecule has 1 amide bonds. The fourth-order valence-corrected chi connectivity index (χ4v) is 2.35. The number of halogens is 1. The molecule has 3 aromatic rings. The topological polar surface area (TPSA) is 50.7 Å². The molecule has 0 aliphatic heterocycles. The Morgan fingerprint density at radius 3 is 2.41 bits per heavy atom. The van der Waals surface area contributed by atoms with Crippen molar-refractivity contribution in [3.63, 3.8) is 0 Å². The summed E-state index contributed by atoms with van der Waals surface area (Å²) >= 11 is 0. The number of carbonyl (C=O) groups is 1. The normalized spacial score (nSPS) is 10.7. The van der Waals surface area contributed by atoms with Crippen LogP contribution in [0.1, 0.15) is 11.1 Å². The molecular formula is C22H19FN2O2. The van der Waals surface area contributed by atoms with Crippen LogP contribution < -0.4 is 10.1 Å². The molecule has 0 saturated carbocycles. The number of para-hydroxylation sites is 1. The molecule has 1 N–H and O–H groups in total. The molecule has 3 aromatic carbocycles. The van der Waals surface area contributed by atoms with Crippen molar-refractivity contribution in [2.45, 2.75) is 6.54 Å². The smallest absolute Gasteiger partial charge is 0.258 e. The van der Waals surface area contributed by atoms with Gasteiger partial charge >= 0.3 is 0 Å². The zero-order valence-electron chi connectivity index (χ0n) is 14.6. The van der Waals surface area contributed by atoms with E-state index in [1.807, 2.05) is 30.3 Å². The maximum absolute atomic E-state index is 13.5. The molecule has 136 valence electrons. The van der Waals surface area contributed by atoms with Gasteiger partial charge in [0.05, 0.1) is 5.69 Å². The number of hydrogen-bond acceptors (Lipinski definition) is 3. The summed E-state index contributed by atoms with van der Waals surface area (Å²) in [7, 11) is 0. The highest BCUT2D eigenvalue weighted by Gasteiger charge is 2.03. The highest BCUT2D eigenvalue weighted by Crippen LogP contribution is 2.17. The zero-order chi connectivity index (χ0) is 18.9. The molecule has 27 heavy (non-hydrogen) atoms. The summed E-state index contributed by atoms with van der Waals surface area (Å²) in [5.74, 6) is 0.0205. The molecule has 0 radical (unpaired) electrons. The number of aliphatic imine (C=N–C) groups is 1. The second-order valence-corrected chi connectivity index (χ2v) is 5.83. The van der Waals surface area contributed by atoms with Gasteiger partial charge in [0, 0.05) is 12.8 Å². The minimum absolute atomic E-state index is 0.0600. The van der Waals surface area contributed by atoms with Crippen molar-refractivity contribution < 1.29 is 13.9 Å². The minimum atomic E-state index is -0.366. The van der Waals surface area contributed by atoms with Crippen molar-refractivity contribution in [3.05, 3.63) is 95.8 Å². The molecule has 4 nitrogen and oxygen atoms in total. The van der Waals surface area contributed by atoms with Crippen LogP contribution in [-0.4, -0.2) is 18.7 Å². The number of carbonyl (C=O) groups excluding carboxylic acids is 1. The second kappa shape index (κ2) is 9.29. The maximum Gasteiger partial charge on any atom is 0.258 e. The number of nitrogens with zero attached hydrogens (tertiary/aromatic N) is 1. The summed E-state index contributed by atoms with van der Waals surface area (Å²) < 4.78 is 19.0. The Kier molecular flexibility index (Phi) is 6.30. The van der Waals surface area contributed by atoms with Gasteiger partial charge in [-0.2, -0.15) is 0 Å². The lowest BCUT2D eigenvalue weighted by atomic mass is 10.2. The van der Waals surface area contributed by atoms with Gasteiger partial charge in [-0.25, -0.2) is 4.39 Å². The highest BCUT2D eigenvalue weighted by atomic mass is 19.1. The van der Waals surface area contributed by atoms with Crippen molar-refractivity contribution in [3.8, 4) is 5.75 Å². The van der Waals surface area contributed by atoms with Crippen LogP contribution in [0, 0.1) is 5.82 Å². The third-order valence-corrected chi connectivity index (χ3v) is 3.79. The summed E-state index contributed by atoms with van der Waals surface area (Å²) in [6.07, 6.45) is 1.58. The van der Waals surface area contributed by atoms with Crippen LogP contribution in [0.4, 0.5) is 10.1 Å². The third-order valence-electron chi connectivity index (χ3n) is 3.79. The summed E-state index contributed by atoms with van der Waals surface area (Å²) in [5, 5.41) is 2.80. The van der Waals surface area contributed by atoms with Gasteiger partial charge in [0.15, 0.2) is 6.61 Å². The number of hydrogen-bond donors (Lipinski definition) is 1. The SMILES string of the molecule is O=C(COc1ccc(C=Nc2ccccc2F)cc1)NCc1ccccc1. The van der Waals surface area contributed by atoms with E-state index in [1.54, 1.807) is 48.7 Å². The maximum atomic E-state index is 13.5. The second-order valence-electron chi connectivity index (χ2n) is 5.83. The Balaban J connectivity index is 1.47. The molecule has 0 spiro atoms. The van der Waals surface area contributed by atoms with E-state index < -0.39 is 0 Å². The first kappa shape index (κ1) is 18.3. The zero-order valence-corrected chi connectivity index (χ0v) is 14.6.